The molecule has 6 nitrogen and oxygen atoms in total. The number of amides is 1. The number of anilines is 1. The highest BCUT2D eigenvalue weighted by atomic mass is 16.5. The lowest BCUT2D eigenvalue weighted by molar-refractivity contribution is 0.0950. The van der Waals surface area contributed by atoms with Crippen molar-refractivity contribution < 1.29 is 14.3 Å². The molecule has 25 heavy (non-hydrogen) atoms. The normalized spacial score (nSPS) is 10.2. The molecule has 0 spiro atoms. The first-order valence-corrected chi connectivity index (χ1v) is 8.36. The summed E-state index contributed by atoms with van der Waals surface area (Å²) in [7, 11) is 3.18. The Balaban J connectivity index is 1.97. The first-order valence-electron chi connectivity index (χ1n) is 8.36. The largest absolute Gasteiger partial charge is 0.493 e. The van der Waals surface area contributed by atoms with Crippen molar-refractivity contribution in [3.05, 3.63) is 47.8 Å². The summed E-state index contributed by atoms with van der Waals surface area (Å²) in [6.45, 7) is 3.40. The first-order chi connectivity index (χ1) is 12.2. The maximum absolute atomic E-state index is 12.3. The number of unbranched alkanes of at least 4 members (excludes halogenated alkanes) is 1. The number of carbonyl (C=O) groups is 1. The third kappa shape index (κ3) is 5.38. The molecule has 0 aliphatic heterocycles. The number of nitrogens with one attached hydrogen (secondary N) is 2. The van der Waals surface area contributed by atoms with E-state index >= 15 is 0 Å². The van der Waals surface area contributed by atoms with Gasteiger partial charge in [-0.1, -0.05) is 19.4 Å². The number of carbonyl (C=O) groups excluding carboxylic acids is 1. The number of methoxy groups -OCH3 is 2. The number of benzene rings is 1. The zero-order chi connectivity index (χ0) is 18.1. The van der Waals surface area contributed by atoms with Crippen LogP contribution in [0.15, 0.2) is 36.7 Å². The molecule has 2 N–H and O–H groups in total. The minimum absolute atomic E-state index is 0.165. The number of rotatable bonds is 9. The molecule has 134 valence electrons. The van der Waals surface area contributed by atoms with E-state index in [0.29, 0.717) is 23.6 Å². The van der Waals surface area contributed by atoms with Crippen molar-refractivity contribution in [1.82, 2.24) is 10.3 Å². The maximum Gasteiger partial charge on any atom is 0.253 e. The third-order valence-corrected chi connectivity index (χ3v) is 3.76. The molecule has 0 aliphatic carbocycles. The Labute approximate surface area is 148 Å². The fourth-order valence-electron chi connectivity index (χ4n) is 2.35. The van der Waals surface area contributed by atoms with E-state index in [4.69, 9.17) is 9.47 Å². The second-order valence-corrected chi connectivity index (χ2v) is 5.61. The molecule has 6 heteroatoms. The van der Waals surface area contributed by atoms with Crippen LogP contribution in [0.1, 0.15) is 35.7 Å². The van der Waals surface area contributed by atoms with Gasteiger partial charge in [0.2, 0.25) is 0 Å². The summed E-state index contributed by atoms with van der Waals surface area (Å²) in [5.74, 6) is 1.13. The highest BCUT2D eigenvalue weighted by Crippen LogP contribution is 2.27. The monoisotopic (exact) mass is 343 g/mol. The van der Waals surface area contributed by atoms with Crippen LogP contribution in [-0.2, 0) is 6.54 Å². The molecule has 0 radical (unpaired) electrons. The summed E-state index contributed by atoms with van der Waals surface area (Å²) < 4.78 is 10.5. The smallest absolute Gasteiger partial charge is 0.253 e. The maximum atomic E-state index is 12.3. The van der Waals surface area contributed by atoms with E-state index in [1.165, 1.54) is 0 Å². The molecule has 2 aromatic rings. The van der Waals surface area contributed by atoms with Crippen LogP contribution in [0.4, 0.5) is 5.69 Å². The van der Waals surface area contributed by atoms with Crippen molar-refractivity contribution in [3.8, 4) is 11.5 Å². The Morgan fingerprint density at radius 2 is 1.92 bits per heavy atom. The van der Waals surface area contributed by atoms with Gasteiger partial charge >= 0.3 is 0 Å². The van der Waals surface area contributed by atoms with E-state index < -0.39 is 0 Å². The summed E-state index contributed by atoms with van der Waals surface area (Å²) in [6.07, 6.45) is 5.48. The average Bonchev–Trinajstić information content (AvgIpc) is 2.66. The van der Waals surface area contributed by atoms with Gasteiger partial charge in [0.25, 0.3) is 5.91 Å². The fraction of sp³-hybridized carbons (Fsp3) is 0.368. The highest BCUT2D eigenvalue weighted by Gasteiger charge is 2.09. The predicted molar refractivity (Wildman–Crippen MR) is 98.4 cm³/mol. The summed E-state index contributed by atoms with van der Waals surface area (Å²) in [5, 5.41) is 6.16. The van der Waals surface area contributed by atoms with Crippen LogP contribution in [-0.4, -0.2) is 31.7 Å². The first kappa shape index (κ1) is 18.6. The van der Waals surface area contributed by atoms with Gasteiger partial charge in [-0.25, -0.2) is 0 Å². The van der Waals surface area contributed by atoms with E-state index in [2.05, 4.69) is 22.5 Å². The second kappa shape index (κ2) is 9.52. The van der Waals surface area contributed by atoms with Crippen LogP contribution in [0.25, 0.3) is 0 Å². The lowest BCUT2D eigenvalue weighted by atomic mass is 10.2. The lowest BCUT2D eigenvalue weighted by Gasteiger charge is -2.11. The van der Waals surface area contributed by atoms with Gasteiger partial charge < -0.3 is 20.1 Å². The molecule has 2 rings (SSSR count). The fourth-order valence-corrected chi connectivity index (χ4v) is 2.35. The quantitative estimate of drug-likeness (QED) is 0.684. The average molecular weight is 343 g/mol. The van der Waals surface area contributed by atoms with Crippen molar-refractivity contribution >= 4 is 11.6 Å². The molecular weight excluding hydrogens is 318 g/mol. The highest BCUT2D eigenvalue weighted by molar-refractivity contribution is 5.94. The second-order valence-electron chi connectivity index (χ2n) is 5.61. The zero-order valence-electron chi connectivity index (χ0n) is 15.0. The third-order valence-electron chi connectivity index (χ3n) is 3.76. The van der Waals surface area contributed by atoms with Gasteiger partial charge in [-0.15, -0.1) is 0 Å². The molecule has 0 atom stereocenters. The van der Waals surface area contributed by atoms with Crippen LogP contribution in [0.2, 0.25) is 0 Å². The molecule has 0 unspecified atom stereocenters. The molecule has 1 heterocycles. The zero-order valence-corrected chi connectivity index (χ0v) is 15.0. The Morgan fingerprint density at radius 1 is 1.12 bits per heavy atom. The molecule has 0 aliphatic rings. The van der Waals surface area contributed by atoms with Gasteiger partial charge in [0.15, 0.2) is 11.5 Å². The molecule has 0 saturated carbocycles. The number of aromatic nitrogens is 1. The van der Waals surface area contributed by atoms with Crippen molar-refractivity contribution in [2.24, 2.45) is 0 Å². The van der Waals surface area contributed by atoms with Crippen molar-refractivity contribution in [3.63, 3.8) is 0 Å². The Bertz CT molecular complexity index is 704. The van der Waals surface area contributed by atoms with E-state index in [-0.39, 0.29) is 5.91 Å². The van der Waals surface area contributed by atoms with Crippen LogP contribution >= 0.6 is 0 Å². The number of hydrogen-bond donors (Lipinski definition) is 2. The van der Waals surface area contributed by atoms with Gasteiger partial charge in [-0.2, -0.15) is 0 Å². The van der Waals surface area contributed by atoms with Crippen molar-refractivity contribution in [1.29, 1.82) is 0 Å². The number of nitrogens with zero attached hydrogens (tertiary/aromatic N) is 1. The van der Waals surface area contributed by atoms with E-state index in [0.717, 1.165) is 30.6 Å². The van der Waals surface area contributed by atoms with E-state index in [9.17, 15) is 4.79 Å². The van der Waals surface area contributed by atoms with Crippen LogP contribution in [0.3, 0.4) is 0 Å². The number of hydrogen-bond acceptors (Lipinski definition) is 5. The van der Waals surface area contributed by atoms with E-state index in [1.54, 1.807) is 26.6 Å². The Kier molecular flexibility index (Phi) is 7.07. The Hall–Kier alpha value is -2.76. The summed E-state index contributed by atoms with van der Waals surface area (Å²) in [4.78, 5) is 16.5. The number of pyridine rings is 1. The van der Waals surface area contributed by atoms with Gasteiger partial charge in [0.1, 0.15) is 0 Å². The molecule has 0 fully saturated rings. The molecule has 0 bridgehead atoms. The van der Waals surface area contributed by atoms with Gasteiger partial charge in [-0.3, -0.25) is 9.78 Å². The predicted octanol–water partition coefficient (Wildman–Crippen LogP) is 3.24. The van der Waals surface area contributed by atoms with Crippen molar-refractivity contribution in [2.75, 3.05) is 26.1 Å². The minimum atomic E-state index is -0.165. The standard InChI is InChI=1S/C19H25N3O3/c1-4-5-8-21-16-10-15(12-20-13-16)19(23)22-11-14-6-7-17(24-2)18(9-14)25-3/h6-7,9-10,12-13,21H,4-5,8,11H2,1-3H3,(H,22,23). The SMILES string of the molecule is CCCCNc1cncc(C(=O)NCc2ccc(OC)c(OC)c2)c1. The number of ether oxygens (including phenoxy) is 2. The van der Waals surface area contributed by atoms with Crippen molar-refractivity contribution in [2.45, 2.75) is 26.3 Å². The van der Waals surface area contributed by atoms with E-state index in [1.807, 2.05) is 24.3 Å². The van der Waals surface area contributed by atoms with Gasteiger partial charge in [-0.05, 0) is 30.2 Å². The molecule has 1 aromatic heterocycles. The van der Waals surface area contributed by atoms with Crippen LogP contribution in [0, 0.1) is 0 Å². The molecular formula is C19H25N3O3. The van der Waals surface area contributed by atoms with Crippen LogP contribution < -0.4 is 20.1 Å². The summed E-state index contributed by atoms with van der Waals surface area (Å²) in [5.41, 5.74) is 2.31. The van der Waals surface area contributed by atoms with Crippen LogP contribution in [0.5, 0.6) is 11.5 Å². The molecule has 0 saturated heterocycles. The molecule has 1 aromatic carbocycles. The summed E-state index contributed by atoms with van der Waals surface area (Å²) in [6, 6.07) is 7.37. The van der Waals surface area contributed by atoms with Gasteiger partial charge in [0, 0.05) is 25.5 Å². The topological polar surface area (TPSA) is 72.5 Å². The Morgan fingerprint density at radius 3 is 2.64 bits per heavy atom. The molecule has 1 amide bonds. The minimum Gasteiger partial charge on any atom is -0.493 e. The lowest BCUT2D eigenvalue weighted by Crippen LogP contribution is -2.23. The summed E-state index contributed by atoms with van der Waals surface area (Å²) >= 11 is 0. The van der Waals surface area contributed by atoms with Gasteiger partial charge in [0.05, 0.1) is 25.5 Å².